The van der Waals surface area contributed by atoms with Crippen molar-refractivity contribution in [2.75, 3.05) is 26.3 Å². The van der Waals surface area contributed by atoms with E-state index in [0.29, 0.717) is 60.7 Å². The molecule has 0 spiro atoms. The topological polar surface area (TPSA) is 125 Å². The van der Waals surface area contributed by atoms with E-state index in [1.54, 1.807) is 47.4 Å². The van der Waals surface area contributed by atoms with Gasteiger partial charge in [-0.2, -0.15) is 14.9 Å². The Labute approximate surface area is 258 Å². The van der Waals surface area contributed by atoms with Crippen LogP contribution in [-0.2, 0) is 16.6 Å². The number of halogens is 1. The van der Waals surface area contributed by atoms with Crippen LogP contribution in [0.1, 0.15) is 58.3 Å². The molecule has 0 atom stereocenters. The van der Waals surface area contributed by atoms with Crippen molar-refractivity contribution in [1.29, 1.82) is 0 Å². The third-order valence-corrected chi connectivity index (χ3v) is 7.97. The minimum atomic E-state index is -0.635. The largest absolute Gasteiger partial charge is 0.378 e. The Morgan fingerprint density at radius 1 is 1.00 bits per heavy atom. The lowest BCUT2D eigenvalue weighted by molar-refractivity contribution is 0.0303. The number of aromatic nitrogens is 4. The molecule has 0 aliphatic carbocycles. The molecule has 6 rings (SSSR count). The van der Waals surface area contributed by atoms with Gasteiger partial charge >= 0.3 is 0 Å². The van der Waals surface area contributed by atoms with Gasteiger partial charge in [0.15, 0.2) is 0 Å². The van der Waals surface area contributed by atoms with Crippen molar-refractivity contribution in [3.8, 4) is 11.4 Å². The molecule has 45 heavy (non-hydrogen) atoms. The Morgan fingerprint density at radius 2 is 1.71 bits per heavy atom. The number of nitrogens with two attached hydrogens (primary N) is 1. The van der Waals surface area contributed by atoms with Crippen LogP contribution in [0.3, 0.4) is 0 Å². The summed E-state index contributed by atoms with van der Waals surface area (Å²) in [7, 11) is 0. The molecule has 0 radical (unpaired) electrons. The molecule has 10 nitrogen and oxygen atoms in total. The molecule has 2 amide bonds. The molecule has 3 aromatic carbocycles. The summed E-state index contributed by atoms with van der Waals surface area (Å²) in [5.74, 6) is -1.29. The molecule has 1 aliphatic heterocycles. The fourth-order valence-electron chi connectivity index (χ4n) is 5.40. The summed E-state index contributed by atoms with van der Waals surface area (Å²) < 4.78 is 23.2. The van der Waals surface area contributed by atoms with Gasteiger partial charge in [-0.05, 0) is 59.0 Å². The zero-order chi connectivity index (χ0) is 31.9. The van der Waals surface area contributed by atoms with E-state index in [1.807, 2.05) is 32.9 Å². The lowest BCUT2D eigenvalue weighted by Crippen LogP contribution is -2.40. The SMILES string of the molecule is CC(C)(C)c1cc(F)c2c(=O)n(-c3cccc(-n4cc(C(N)=O)c(Cc5ccc(C(=O)N6CCOCC6)cc5)n4)c3)ncc2c1. The highest BCUT2D eigenvalue weighted by Gasteiger charge is 2.21. The molecular weight excluding hydrogens is 575 g/mol. The first-order valence-electron chi connectivity index (χ1n) is 14.7. The molecule has 1 aliphatic rings. The number of nitrogens with zero attached hydrogens (tertiary/aromatic N) is 5. The fourth-order valence-corrected chi connectivity index (χ4v) is 5.40. The van der Waals surface area contributed by atoms with Crippen molar-refractivity contribution in [3.63, 3.8) is 0 Å². The van der Waals surface area contributed by atoms with Gasteiger partial charge in [-0.25, -0.2) is 9.07 Å². The highest BCUT2D eigenvalue weighted by Crippen LogP contribution is 2.27. The summed E-state index contributed by atoms with van der Waals surface area (Å²) in [5.41, 5.74) is 8.66. The van der Waals surface area contributed by atoms with E-state index in [4.69, 9.17) is 10.5 Å². The maximum atomic E-state index is 15.2. The van der Waals surface area contributed by atoms with Gasteiger partial charge in [0.2, 0.25) is 0 Å². The minimum absolute atomic E-state index is 0.0431. The van der Waals surface area contributed by atoms with Crippen molar-refractivity contribution < 1.29 is 18.7 Å². The predicted molar refractivity (Wildman–Crippen MR) is 168 cm³/mol. The highest BCUT2D eigenvalue weighted by atomic mass is 19.1. The molecular formula is C34H33FN6O4. The highest BCUT2D eigenvalue weighted by molar-refractivity contribution is 5.95. The van der Waals surface area contributed by atoms with Crippen molar-refractivity contribution in [1.82, 2.24) is 24.5 Å². The second-order valence-corrected chi connectivity index (χ2v) is 12.1. The van der Waals surface area contributed by atoms with Gasteiger partial charge in [0.1, 0.15) is 5.82 Å². The van der Waals surface area contributed by atoms with E-state index in [1.165, 1.54) is 23.1 Å². The minimum Gasteiger partial charge on any atom is -0.378 e. The van der Waals surface area contributed by atoms with Crippen molar-refractivity contribution >= 4 is 22.6 Å². The smallest absolute Gasteiger partial charge is 0.282 e. The van der Waals surface area contributed by atoms with Crippen LogP contribution >= 0.6 is 0 Å². The zero-order valence-corrected chi connectivity index (χ0v) is 25.3. The zero-order valence-electron chi connectivity index (χ0n) is 25.3. The molecule has 3 heterocycles. The van der Waals surface area contributed by atoms with Crippen LogP contribution in [0, 0.1) is 5.82 Å². The fraction of sp³-hybridized carbons (Fsp3) is 0.265. The maximum Gasteiger partial charge on any atom is 0.282 e. The first-order valence-corrected chi connectivity index (χ1v) is 14.7. The first kappa shape index (κ1) is 29.9. The number of hydrogen-bond acceptors (Lipinski definition) is 6. The molecule has 0 unspecified atom stereocenters. The Morgan fingerprint density at radius 3 is 2.40 bits per heavy atom. The van der Waals surface area contributed by atoms with Gasteiger partial charge in [0.05, 0.1) is 47.4 Å². The van der Waals surface area contributed by atoms with Crippen LogP contribution in [0.2, 0.25) is 0 Å². The summed E-state index contributed by atoms with van der Waals surface area (Å²) in [4.78, 5) is 40.3. The molecule has 230 valence electrons. The van der Waals surface area contributed by atoms with Crippen molar-refractivity contribution in [3.05, 3.63) is 117 Å². The summed E-state index contributed by atoms with van der Waals surface area (Å²) in [6, 6.07) is 17.2. The number of benzene rings is 3. The van der Waals surface area contributed by atoms with Crippen LogP contribution in [-0.4, -0.2) is 62.6 Å². The van der Waals surface area contributed by atoms with Crippen LogP contribution in [0.15, 0.2) is 77.9 Å². The third kappa shape index (κ3) is 5.99. The number of amides is 2. The second-order valence-electron chi connectivity index (χ2n) is 12.1. The lowest BCUT2D eigenvalue weighted by atomic mass is 9.86. The Balaban J connectivity index is 1.29. The molecule has 1 fully saturated rings. The van der Waals surface area contributed by atoms with E-state index in [2.05, 4.69) is 10.2 Å². The van der Waals surface area contributed by atoms with E-state index in [-0.39, 0.29) is 22.3 Å². The number of carbonyl (C=O) groups is 2. The second kappa shape index (κ2) is 11.7. The average Bonchev–Trinajstić information content (AvgIpc) is 3.45. The summed E-state index contributed by atoms with van der Waals surface area (Å²) in [5, 5.41) is 9.36. The standard InChI is InChI=1S/C34H33FN6O4/c1-34(2,3)24-16-23-19-37-41(33(44)30(23)28(35)17-24)26-6-4-5-25(18-26)40-20-27(31(36)42)29(38-40)15-21-7-9-22(10-8-21)32(43)39-11-13-45-14-12-39/h4-10,16-20H,11-15H2,1-3H3,(H2,36,42). The monoisotopic (exact) mass is 608 g/mol. The number of hydrogen-bond donors (Lipinski definition) is 1. The first-order chi connectivity index (χ1) is 21.5. The summed E-state index contributed by atoms with van der Waals surface area (Å²) in [6.45, 7) is 8.09. The Bertz CT molecular complexity index is 1990. The van der Waals surface area contributed by atoms with Gasteiger partial charge in [-0.15, -0.1) is 0 Å². The normalized spacial score (nSPS) is 13.7. The molecule has 0 saturated carbocycles. The molecule has 0 bridgehead atoms. The number of carbonyl (C=O) groups excluding carboxylic acids is 2. The molecule has 5 aromatic rings. The lowest BCUT2D eigenvalue weighted by Gasteiger charge is -2.26. The van der Waals surface area contributed by atoms with Gasteiger partial charge in [0.25, 0.3) is 17.4 Å². The van der Waals surface area contributed by atoms with Gasteiger partial charge in [-0.3, -0.25) is 14.4 Å². The number of rotatable bonds is 6. The predicted octanol–water partition coefficient (Wildman–Crippen LogP) is 4.17. The van der Waals surface area contributed by atoms with E-state index in [9.17, 15) is 14.4 Å². The summed E-state index contributed by atoms with van der Waals surface area (Å²) >= 11 is 0. The van der Waals surface area contributed by atoms with Crippen molar-refractivity contribution in [2.45, 2.75) is 32.6 Å². The number of primary amides is 1. The van der Waals surface area contributed by atoms with Crippen LogP contribution in [0.4, 0.5) is 4.39 Å². The Kier molecular flexibility index (Phi) is 7.80. The average molecular weight is 609 g/mol. The molecule has 11 heteroatoms. The molecule has 2 N–H and O–H groups in total. The van der Waals surface area contributed by atoms with Gasteiger partial charge in [0, 0.05) is 36.7 Å². The molecule has 1 saturated heterocycles. The van der Waals surface area contributed by atoms with Crippen LogP contribution in [0.25, 0.3) is 22.1 Å². The Hall–Kier alpha value is -5.16. The quantitative estimate of drug-likeness (QED) is 0.309. The van der Waals surface area contributed by atoms with E-state index < -0.39 is 17.3 Å². The van der Waals surface area contributed by atoms with Crippen molar-refractivity contribution in [2.24, 2.45) is 5.73 Å². The summed E-state index contributed by atoms with van der Waals surface area (Å²) in [6.07, 6.45) is 3.33. The number of morpholine rings is 1. The molecule has 2 aromatic heterocycles. The van der Waals surface area contributed by atoms with Crippen LogP contribution in [0.5, 0.6) is 0 Å². The van der Waals surface area contributed by atoms with Gasteiger partial charge < -0.3 is 15.4 Å². The number of fused-ring (bicyclic) bond motifs is 1. The van der Waals surface area contributed by atoms with Gasteiger partial charge in [-0.1, -0.05) is 39.0 Å². The van der Waals surface area contributed by atoms with Crippen LogP contribution < -0.4 is 11.3 Å². The number of ether oxygens (including phenoxy) is 1. The maximum absolute atomic E-state index is 15.2. The van der Waals surface area contributed by atoms with E-state index >= 15 is 4.39 Å². The van der Waals surface area contributed by atoms with E-state index in [0.717, 1.165) is 15.8 Å². The third-order valence-electron chi connectivity index (χ3n) is 7.97.